The van der Waals surface area contributed by atoms with Crippen LogP contribution in [0.2, 0.25) is 5.02 Å². The molecule has 28 heavy (non-hydrogen) atoms. The molecular weight excluding hydrogens is 378 g/mol. The van der Waals surface area contributed by atoms with E-state index in [1.807, 2.05) is 25.1 Å². The Bertz CT molecular complexity index is 855. The number of methoxy groups -OCH3 is 1. The molecule has 0 spiro atoms. The summed E-state index contributed by atoms with van der Waals surface area (Å²) in [4.78, 5) is 25.5. The molecule has 6 nitrogen and oxygen atoms in total. The number of anilines is 2. The summed E-state index contributed by atoms with van der Waals surface area (Å²) in [5.74, 6) is 0.172. The molecule has 0 bridgehead atoms. The van der Waals surface area contributed by atoms with Crippen molar-refractivity contribution >= 4 is 34.8 Å². The SMILES string of the molecule is CCc1cccc(C)c1NC(=O)C[NH+](C)CC(=O)Nc1cc(Cl)ccc1OC. The molecule has 0 aliphatic carbocycles. The highest BCUT2D eigenvalue weighted by atomic mass is 35.5. The smallest absolute Gasteiger partial charge is 0.279 e. The van der Waals surface area contributed by atoms with Gasteiger partial charge in [0.2, 0.25) is 0 Å². The lowest BCUT2D eigenvalue weighted by Gasteiger charge is -2.16. The number of rotatable bonds is 8. The van der Waals surface area contributed by atoms with Crippen LogP contribution >= 0.6 is 11.6 Å². The maximum atomic E-state index is 12.4. The van der Waals surface area contributed by atoms with Crippen molar-refractivity contribution in [3.05, 3.63) is 52.5 Å². The molecule has 0 aliphatic rings. The first-order chi connectivity index (χ1) is 13.3. The summed E-state index contributed by atoms with van der Waals surface area (Å²) in [5.41, 5.74) is 3.48. The van der Waals surface area contributed by atoms with E-state index in [2.05, 4.69) is 17.6 Å². The molecule has 3 N–H and O–H groups in total. The normalized spacial score (nSPS) is 11.6. The third-order valence-corrected chi connectivity index (χ3v) is 4.60. The van der Waals surface area contributed by atoms with Gasteiger partial charge in [0, 0.05) is 10.7 Å². The highest BCUT2D eigenvalue weighted by Crippen LogP contribution is 2.27. The van der Waals surface area contributed by atoms with Crippen LogP contribution in [0.3, 0.4) is 0 Å². The number of likely N-dealkylation sites (N-methyl/N-ethyl adjacent to an activating group) is 1. The lowest BCUT2D eigenvalue weighted by atomic mass is 10.1. The molecule has 2 aromatic carbocycles. The van der Waals surface area contributed by atoms with E-state index >= 15 is 0 Å². The molecule has 0 saturated carbocycles. The van der Waals surface area contributed by atoms with Crippen molar-refractivity contribution in [3.63, 3.8) is 0 Å². The molecule has 2 amide bonds. The predicted octanol–water partition coefficient (Wildman–Crippen LogP) is 2.31. The number of nitrogens with one attached hydrogen (secondary N) is 3. The Hall–Kier alpha value is -2.57. The van der Waals surface area contributed by atoms with Crippen LogP contribution in [0.1, 0.15) is 18.1 Å². The number of aryl methyl sites for hydroxylation is 2. The first kappa shape index (κ1) is 21.7. The Morgan fingerprint density at radius 3 is 2.43 bits per heavy atom. The van der Waals surface area contributed by atoms with Gasteiger partial charge in [-0.2, -0.15) is 0 Å². The predicted molar refractivity (Wildman–Crippen MR) is 112 cm³/mol. The zero-order valence-electron chi connectivity index (χ0n) is 16.7. The number of hydrogen-bond donors (Lipinski definition) is 3. The first-order valence-corrected chi connectivity index (χ1v) is 9.54. The second kappa shape index (κ2) is 10.1. The summed E-state index contributed by atoms with van der Waals surface area (Å²) < 4.78 is 5.23. The van der Waals surface area contributed by atoms with Gasteiger partial charge in [-0.25, -0.2) is 0 Å². The third kappa shape index (κ3) is 5.97. The summed E-state index contributed by atoms with van der Waals surface area (Å²) in [6, 6.07) is 11.0. The molecular formula is C21H27ClN3O3+. The van der Waals surface area contributed by atoms with E-state index in [1.54, 1.807) is 25.2 Å². The Morgan fingerprint density at radius 1 is 1.11 bits per heavy atom. The number of hydrogen-bond acceptors (Lipinski definition) is 3. The molecule has 2 rings (SSSR count). The van der Waals surface area contributed by atoms with Crippen molar-refractivity contribution in [3.8, 4) is 5.75 Å². The van der Waals surface area contributed by atoms with Crippen LogP contribution in [-0.2, 0) is 16.0 Å². The Balaban J connectivity index is 1.93. The topological polar surface area (TPSA) is 71.9 Å². The minimum Gasteiger partial charge on any atom is -0.495 e. The second-order valence-corrected chi connectivity index (χ2v) is 7.15. The quantitative estimate of drug-likeness (QED) is 0.632. The minimum atomic E-state index is -0.226. The number of amides is 2. The van der Waals surface area contributed by atoms with E-state index in [1.165, 1.54) is 7.11 Å². The average molecular weight is 405 g/mol. The molecule has 0 fully saturated rings. The number of ether oxygens (including phenoxy) is 1. The Labute approximate surface area is 170 Å². The number of halogens is 1. The van der Waals surface area contributed by atoms with Gasteiger partial charge in [-0.15, -0.1) is 0 Å². The summed E-state index contributed by atoms with van der Waals surface area (Å²) in [7, 11) is 3.32. The summed E-state index contributed by atoms with van der Waals surface area (Å²) in [6.07, 6.45) is 0.837. The molecule has 0 aliphatic heterocycles. The third-order valence-electron chi connectivity index (χ3n) is 4.36. The number of quaternary nitrogens is 1. The van der Waals surface area contributed by atoms with Crippen molar-refractivity contribution in [2.75, 3.05) is 37.9 Å². The van der Waals surface area contributed by atoms with E-state index in [-0.39, 0.29) is 24.9 Å². The van der Waals surface area contributed by atoms with Gasteiger partial charge < -0.3 is 20.3 Å². The van der Waals surface area contributed by atoms with E-state index in [9.17, 15) is 9.59 Å². The molecule has 0 radical (unpaired) electrons. The second-order valence-electron chi connectivity index (χ2n) is 6.71. The zero-order chi connectivity index (χ0) is 20.7. The van der Waals surface area contributed by atoms with E-state index < -0.39 is 0 Å². The average Bonchev–Trinajstić information content (AvgIpc) is 2.63. The van der Waals surface area contributed by atoms with Gasteiger partial charge in [0.05, 0.1) is 19.8 Å². The lowest BCUT2D eigenvalue weighted by Crippen LogP contribution is -3.11. The highest BCUT2D eigenvalue weighted by molar-refractivity contribution is 6.31. The van der Waals surface area contributed by atoms with Crippen molar-refractivity contribution in [2.24, 2.45) is 0 Å². The molecule has 0 aromatic heterocycles. The van der Waals surface area contributed by atoms with Crippen LogP contribution in [0.25, 0.3) is 0 Å². The molecule has 1 atom stereocenters. The fourth-order valence-corrected chi connectivity index (χ4v) is 3.14. The molecule has 1 unspecified atom stereocenters. The van der Waals surface area contributed by atoms with Crippen molar-refractivity contribution in [1.29, 1.82) is 0 Å². The zero-order valence-corrected chi connectivity index (χ0v) is 17.4. The first-order valence-electron chi connectivity index (χ1n) is 9.17. The molecule has 0 heterocycles. The maximum absolute atomic E-state index is 12.4. The fraction of sp³-hybridized carbons (Fsp3) is 0.333. The minimum absolute atomic E-state index is 0.130. The number of carbonyl (C=O) groups is 2. The summed E-state index contributed by atoms with van der Waals surface area (Å²) >= 11 is 5.98. The van der Waals surface area contributed by atoms with E-state index in [0.717, 1.165) is 28.1 Å². The van der Waals surface area contributed by atoms with Gasteiger partial charge in [-0.05, 0) is 42.7 Å². The standard InChI is InChI=1S/C21H26ClN3O3/c1-5-15-8-6-7-14(2)21(15)24-20(27)13-25(3)12-19(26)23-17-11-16(22)9-10-18(17)28-4/h6-11H,5,12-13H2,1-4H3,(H,23,26)(H,24,27)/p+1. The molecule has 150 valence electrons. The van der Waals surface area contributed by atoms with Crippen LogP contribution in [0, 0.1) is 6.92 Å². The largest absolute Gasteiger partial charge is 0.495 e. The summed E-state index contributed by atoms with van der Waals surface area (Å²) in [6.45, 7) is 4.34. The van der Waals surface area contributed by atoms with Crippen molar-refractivity contribution in [1.82, 2.24) is 0 Å². The van der Waals surface area contributed by atoms with Crippen LogP contribution in [0.4, 0.5) is 11.4 Å². The van der Waals surface area contributed by atoms with Crippen LogP contribution in [0.15, 0.2) is 36.4 Å². The van der Waals surface area contributed by atoms with E-state index in [4.69, 9.17) is 16.3 Å². The van der Waals surface area contributed by atoms with Gasteiger partial charge in [0.25, 0.3) is 11.8 Å². The molecule has 0 saturated heterocycles. The van der Waals surface area contributed by atoms with Gasteiger partial charge in [0.15, 0.2) is 13.1 Å². The van der Waals surface area contributed by atoms with Crippen LogP contribution in [0.5, 0.6) is 5.75 Å². The van der Waals surface area contributed by atoms with E-state index in [0.29, 0.717) is 16.5 Å². The monoisotopic (exact) mass is 404 g/mol. The fourth-order valence-electron chi connectivity index (χ4n) is 2.97. The van der Waals surface area contributed by atoms with Crippen molar-refractivity contribution < 1.29 is 19.2 Å². The maximum Gasteiger partial charge on any atom is 0.279 e. The Kier molecular flexibility index (Phi) is 7.84. The highest BCUT2D eigenvalue weighted by Gasteiger charge is 2.17. The molecule has 7 heteroatoms. The number of carbonyl (C=O) groups excluding carboxylic acids is 2. The lowest BCUT2D eigenvalue weighted by molar-refractivity contribution is -0.862. The van der Waals surface area contributed by atoms with Gasteiger partial charge in [-0.3, -0.25) is 9.59 Å². The Morgan fingerprint density at radius 2 is 1.79 bits per heavy atom. The van der Waals surface area contributed by atoms with Gasteiger partial charge in [0.1, 0.15) is 5.75 Å². The summed E-state index contributed by atoms with van der Waals surface area (Å²) in [5, 5.41) is 6.26. The van der Waals surface area contributed by atoms with Gasteiger partial charge in [-0.1, -0.05) is 36.7 Å². The van der Waals surface area contributed by atoms with Gasteiger partial charge >= 0.3 is 0 Å². The van der Waals surface area contributed by atoms with Crippen LogP contribution in [-0.4, -0.2) is 39.1 Å². The molecule has 2 aromatic rings. The number of benzene rings is 2. The van der Waals surface area contributed by atoms with Crippen molar-refractivity contribution in [2.45, 2.75) is 20.3 Å². The number of para-hydroxylation sites is 1. The van der Waals surface area contributed by atoms with Crippen LogP contribution < -0.4 is 20.3 Å².